The third-order valence-corrected chi connectivity index (χ3v) is 5.80. The van der Waals surface area contributed by atoms with Crippen molar-refractivity contribution < 1.29 is 18.9 Å². The Bertz CT molecular complexity index is 1140. The van der Waals surface area contributed by atoms with Crippen LogP contribution in [0.3, 0.4) is 0 Å². The number of hydrogen-bond acceptors (Lipinski definition) is 6. The summed E-state index contributed by atoms with van der Waals surface area (Å²) in [5.74, 6) is 2.99. The van der Waals surface area contributed by atoms with Crippen LogP contribution in [-0.4, -0.2) is 32.0 Å². The lowest BCUT2D eigenvalue weighted by molar-refractivity contribution is -0.0205. The summed E-state index contributed by atoms with van der Waals surface area (Å²) in [6, 6.07) is 22.0. The second-order valence-corrected chi connectivity index (χ2v) is 7.47. The molecule has 6 heteroatoms. The van der Waals surface area contributed by atoms with Gasteiger partial charge in [-0.1, -0.05) is 36.4 Å². The number of rotatable bonds is 5. The molecule has 0 unspecified atom stereocenters. The molecular weight excluding hydrogens is 392 g/mol. The molecule has 2 aliphatic rings. The smallest absolute Gasteiger partial charge is 0.217 e. The van der Waals surface area contributed by atoms with Crippen molar-refractivity contribution >= 4 is 5.71 Å². The minimum Gasteiger partial charge on any atom is -0.497 e. The molecule has 0 saturated heterocycles. The van der Waals surface area contributed by atoms with Crippen LogP contribution in [0.1, 0.15) is 35.4 Å². The lowest BCUT2D eigenvalue weighted by atomic mass is 9.95. The summed E-state index contributed by atoms with van der Waals surface area (Å²) < 4.78 is 23.1. The minimum atomic E-state index is -0.437. The number of hydrogen-bond donors (Lipinski definition) is 0. The van der Waals surface area contributed by atoms with Crippen LogP contribution in [-0.2, 0) is 0 Å². The molecule has 0 aliphatic carbocycles. The predicted molar refractivity (Wildman–Crippen MR) is 118 cm³/mol. The first kappa shape index (κ1) is 19.3. The van der Waals surface area contributed by atoms with Crippen LogP contribution in [0.2, 0.25) is 0 Å². The SMILES string of the molecule is COc1cccc(C2=NN3[C@H](C2)c2ccccc2O[C@@H]3c2cccc(OC)c2OC)c1. The summed E-state index contributed by atoms with van der Waals surface area (Å²) in [4.78, 5) is 0. The highest BCUT2D eigenvalue weighted by molar-refractivity contribution is 6.02. The van der Waals surface area contributed by atoms with E-state index in [1.807, 2.05) is 59.6 Å². The van der Waals surface area contributed by atoms with Gasteiger partial charge in [-0.25, -0.2) is 5.01 Å². The van der Waals surface area contributed by atoms with Gasteiger partial charge in [0, 0.05) is 17.5 Å². The molecule has 3 aromatic carbocycles. The Labute approximate surface area is 181 Å². The summed E-state index contributed by atoms with van der Waals surface area (Å²) >= 11 is 0. The van der Waals surface area contributed by atoms with Gasteiger partial charge in [-0.3, -0.25) is 0 Å². The second kappa shape index (κ2) is 7.87. The van der Waals surface area contributed by atoms with Crippen molar-refractivity contribution in [2.75, 3.05) is 21.3 Å². The molecule has 0 amide bonds. The zero-order chi connectivity index (χ0) is 21.4. The highest BCUT2D eigenvalue weighted by Gasteiger charge is 2.42. The molecule has 0 aromatic heterocycles. The topological polar surface area (TPSA) is 52.5 Å². The van der Waals surface area contributed by atoms with Crippen molar-refractivity contribution in [1.82, 2.24) is 5.01 Å². The van der Waals surface area contributed by atoms with E-state index >= 15 is 0 Å². The fraction of sp³-hybridized carbons (Fsp3) is 0.240. The van der Waals surface area contributed by atoms with E-state index in [1.54, 1.807) is 21.3 Å². The highest BCUT2D eigenvalue weighted by atomic mass is 16.5. The number of para-hydroxylation sites is 2. The zero-order valence-corrected chi connectivity index (χ0v) is 17.7. The first-order valence-electron chi connectivity index (χ1n) is 10.2. The van der Waals surface area contributed by atoms with Gasteiger partial charge in [-0.2, -0.15) is 5.10 Å². The molecule has 5 rings (SSSR count). The van der Waals surface area contributed by atoms with Gasteiger partial charge in [-0.15, -0.1) is 0 Å². The molecule has 0 radical (unpaired) electrons. The van der Waals surface area contributed by atoms with Crippen molar-refractivity contribution in [2.45, 2.75) is 18.7 Å². The van der Waals surface area contributed by atoms with E-state index < -0.39 is 6.23 Å². The van der Waals surface area contributed by atoms with Gasteiger partial charge in [0.1, 0.15) is 11.5 Å². The van der Waals surface area contributed by atoms with Gasteiger partial charge >= 0.3 is 0 Å². The largest absolute Gasteiger partial charge is 0.497 e. The maximum atomic E-state index is 6.46. The van der Waals surface area contributed by atoms with E-state index in [0.29, 0.717) is 11.5 Å². The van der Waals surface area contributed by atoms with Gasteiger partial charge in [0.15, 0.2) is 11.5 Å². The Kier molecular flexibility index (Phi) is 4.90. The van der Waals surface area contributed by atoms with Crippen LogP contribution >= 0.6 is 0 Å². The molecule has 6 nitrogen and oxygen atoms in total. The fourth-order valence-electron chi connectivity index (χ4n) is 4.32. The monoisotopic (exact) mass is 416 g/mol. The maximum Gasteiger partial charge on any atom is 0.217 e. The Morgan fingerprint density at radius 3 is 2.48 bits per heavy atom. The molecule has 3 aromatic rings. The van der Waals surface area contributed by atoms with Crippen LogP contribution in [0.4, 0.5) is 0 Å². The van der Waals surface area contributed by atoms with E-state index in [4.69, 9.17) is 24.0 Å². The standard InChI is InChI=1S/C25H24N2O4/c1-28-17-9-6-8-16(14-17)20-15-21-18-10-4-5-12-22(18)31-25(27(21)26-20)19-11-7-13-23(29-2)24(19)30-3/h4-14,21,25H,15H2,1-3H3/t21-,25-/m1/s1. The van der Waals surface area contributed by atoms with Crippen molar-refractivity contribution in [3.05, 3.63) is 83.4 Å². The average molecular weight is 416 g/mol. The third-order valence-electron chi connectivity index (χ3n) is 5.80. The minimum absolute atomic E-state index is 0.0621. The lowest BCUT2D eigenvalue weighted by Gasteiger charge is -2.38. The molecule has 0 fully saturated rings. The van der Waals surface area contributed by atoms with Crippen molar-refractivity contribution in [1.29, 1.82) is 0 Å². The van der Waals surface area contributed by atoms with Gasteiger partial charge in [0.25, 0.3) is 0 Å². The molecule has 0 bridgehead atoms. The summed E-state index contributed by atoms with van der Waals surface area (Å²) in [6.45, 7) is 0. The third kappa shape index (κ3) is 3.24. The van der Waals surface area contributed by atoms with Gasteiger partial charge in [-0.05, 0) is 30.3 Å². The number of fused-ring (bicyclic) bond motifs is 3. The van der Waals surface area contributed by atoms with Gasteiger partial charge in [0.05, 0.1) is 38.6 Å². The fourth-order valence-corrected chi connectivity index (χ4v) is 4.32. The van der Waals surface area contributed by atoms with Crippen molar-refractivity contribution in [3.8, 4) is 23.0 Å². The Morgan fingerprint density at radius 2 is 1.68 bits per heavy atom. The van der Waals surface area contributed by atoms with Crippen LogP contribution in [0, 0.1) is 0 Å². The number of benzene rings is 3. The molecular formula is C25H24N2O4. The van der Waals surface area contributed by atoms with Crippen molar-refractivity contribution in [2.24, 2.45) is 5.10 Å². The maximum absolute atomic E-state index is 6.46. The highest BCUT2D eigenvalue weighted by Crippen LogP contribution is 2.50. The van der Waals surface area contributed by atoms with E-state index in [2.05, 4.69) is 12.1 Å². The average Bonchev–Trinajstić information content (AvgIpc) is 3.29. The molecule has 2 heterocycles. The predicted octanol–water partition coefficient (Wildman–Crippen LogP) is 4.95. The number of nitrogens with zero attached hydrogens (tertiary/aromatic N) is 2. The van der Waals surface area contributed by atoms with Crippen LogP contribution in [0.5, 0.6) is 23.0 Å². The van der Waals surface area contributed by atoms with E-state index in [9.17, 15) is 0 Å². The lowest BCUT2D eigenvalue weighted by Crippen LogP contribution is -2.34. The Morgan fingerprint density at radius 1 is 0.871 bits per heavy atom. The first-order valence-corrected chi connectivity index (χ1v) is 10.2. The summed E-state index contributed by atoms with van der Waals surface area (Å²) in [5.41, 5.74) is 4.04. The van der Waals surface area contributed by atoms with E-state index in [-0.39, 0.29) is 6.04 Å². The van der Waals surface area contributed by atoms with Gasteiger partial charge in [0.2, 0.25) is 6.23 Å². The molecule has 0 saturated carbocycles. The van der Waals surface area contributed by atoms with Crippen molar-refractivity contribution in [3.63, 3.8) is 0 Å². The molecule has 0 spiro atoms. The number of hydrazone groups is 1. The van der Waals surface area contributed by atoms with Crippen LogP contribution in [0.15, 0.2) is 71.8 Å². The molecule has 31 heavy (non-hydrogen) atoms. The first-order chi connectivity index (χ1) is 15.2. The normalized spacial score (nSPS) is 19.1. The zero-order valence-electron chi connectivity index (χ0n) is 17.7. The molecule has 158 valence electrons. The van der Waals surface area contributed by atoms with E-state index in [0.717, 1.165) is 40.3 Å². The number of methoxy groups -OCH3 is 3. The number of ether oxygens (including phenoxy) is 4. The molecule has 2 aliphatic heterocycles. The van der Waals surface area contributed by atoms with E-state index in [1.165, 1.54) is 0 Å². The van der Waals surface area contributed by atoms with Crippen LogP contribution in [0.25, 0.3) is 0 Å². The van der Waals surface area contributed by atoms with Gasteiger partial charge < -0.3 is 18.9 Å². The molecule has 2 atom stereocenters. The Balaban J connectivity index is 1.62. The molecule has 0 N–H and O–H groups in total. The summed E-state index contributed by atoms with van der Waals surface area (Å²) in [5, 5.41) is 7.05. The quantitative estimate of drug-likeness (QED) is 0.589. The Hall–Kier alpha value is -3.67. The summed E-state index contributed by atoms with van der Waals surface area (Å²) in [6.07, 6.45) is 0.337. The second-order valence-electron chi connectivity index (χ2n) is 7.47. The summed E-state index contributed by atoms with van der Waals surface area (Å²) in [7, 11) is 4.95. The van der Waals surface area contributed by atoms with Crippen LogP contribution < -0.4 is 18.9 Å².